The predicted octanol–water partition coefficient (Wildman–Crippen LogP) is 4.24. The predicted molar refractivity (Wildman–Crippen MR) is 115 cm³/mol. The summed E-state index contributed by atoms with van der Waals surface area (Å²) in [7, 11) is 0. The van der Waals surface area contributed by atoms with Crippen LogP contribution in [0, 0.1) is 0 Å². The summed E-state index contributed by atoms with van der Waals surface area (Å²) < 4.78 is 1.05. The first-order chi connectivity index (χ1) is 13.6. The zero-order valence-electron chi connectivity index (χ0n) is 15.2. The van der Waals surface area contributed by atoms with Gasteiger partial charge in [-0.2, -0.15) is 0 Å². The summed E-state index contributed by atoms with van der Waals surface area (Å²) in [6.07, 6.45) is 0.925. The van der Waals surface area contributed by atoms with Crippen LogP contribution in [-0.2, 0) is 0 Å². The molecule has 28 heavy (non-hydrogen) atoms. The maximum absolute atomic E-state index is 12.8. The molecule has 2 heterocycles. The van der Waals surface area contributed by atoms with Crippen LogP contribution in [0.1, 0.15) is 26.5 Å². The molecule has 7 heteroatoms. The fraction of sp³-hybridized carbons (Fsp3) is 0.238. The van der Waals surface area contributed by atoms with Crippen molar-refractivity contribution in [3.05, 3.63) is 64.0 Å². The third-order valence-corrected chi connectivity index (χ3v) is 6.18. The van der Waals surface area contributed by atoms with Gasteiger partial charge in [-0.25, -0.2) is 0 Å². The lowest BCUT2D eigenvalue weighted by molar-refractivity contribution is 0.0766. The fourth-order valence-electron chi connectivity index (χ4n) is 3.26. The third kappa shape index (κ3) is 4.04. The molecule has 144 valence electrons. The summed E-state index contributed by atoms with van der Waals surface area (Å²) in [6.45, 7) is 3.10. The molecular formula is C21H20ClN3O2S. The number of rotatable bonds is 3. The quantitative estimate of drug-likeness (QED) is 0.675. The van der Waals surface area contributed by atoms with Crippen molar-refractivity contribution in [2.75, 3.05) is 31.5 Å². The molecule has 2 aromatic carbocycles. The van der Waals surface area contributed by atoms with E-state index in [1.54, 1.807) is 18.2 Å². The molecule has 1 aromatic heterocycles. The monoisotopic (exact) mass is 413 g/mol. The molecule has 1 fully saturated rings. The molecule has 5 nitrogen and oxygen atoms in total. The van der Waals surface area contributed by atoms with Crippen molar-refractivity contribution in [2.24, 2.45) is 0 Å². The summed E-state index contributed by atoms with van der Waals surface area (Å²) in [5, 5.41) is 7.58. The minimum atomic E-state index is -0.230. The summed E-state index contributed by atoms with van der Waals surface area (Å²) in [5.74, 6) is -0.274. The Morgan fingerprint density at radius 1 is 1.07 bits per heavy atom. The molecule has 0 radical (unpaired) electrons. The second-order valence-electron chi connectivity index (χ2n) is 6.69. The molecule has 1 aliphatic rings. The van der Waals surface area contributed by atoms with Crippen LogP contribution in [0.25, 0.3) is 10.1 Å². The Bertz CT molecular complexity index is 992. The summed E-state index contributed by atoms with van der Waals surface area (Å²) in [4.78, 5) is 28.0. The molecule has 1 saturated heterocycles. The number of benzene rings is 2. The van der Waals surface area contributed by atoms with E-state index in [0.29, 0.717) is 27.7 Å². The molecule has 4 rings (SSSR count). The lowest BCUT2D eigenvalue weighted by atomic mass is 10.1. The second-order valence-corrected chi connectivity index (χ2v) is 8.18. The lowest BCUT2D eigenvalue weighted by Crippen LogP contribution is -2.34. The topological polar surface area (TPSA) is 61.4 Å². The van der Waals surface area contributed by atoms with Gasteiger partial charge in [0.1, 0.15) is 0 Å². The molecule has 0 unspecified atom stereocenters. The van der Waals surface area contributed by atoms with Crippen molar-refractivity contribution < 1.29 is 9.59 Å². The van der Waals surface area contributed by atoms with Crippen molar-refractivity contribution in [1.82, 2.24) is 10.2 Å². The van der Waals surface area contributed by atoms with Gasteiger partial charge in [0, 0.05) is 29.9 Å². The molecule has 0 saturated carbocycles. The Kier molecular flexibility index (Phi) is 5.62. The largest absolute Gasteiger partial charge is 0.337 e. The summed E-state index contributed by atoms with van der Waals surface area (Å²) in [5.41, 5.74) is 0.973. The number of hydrogen-bond donors (Lipinski definition) is 2. The van der Waals surface area contributed by atoms with Crippen molar-refractivity contribution in [3.63, 3.8) is 0 Å². The van der Waals surface area contributed by atoms with Gasteiger partial charge in [-0.05, 0) is 48.7 Å². The highest BCUT2D eigenvalue weighted by Crippen LogP contribution is 2.28. The van der Waals surface area contributed by atoms with Gasteiger partial charge in [0.2, 0.25) is 0 Å². The number of halogens is 1. The lowest BCUT2D eigenvalue weighted by Gasteiger charge is -2.20. The minimum Gasteiger partial charge on any atom is -0.337 e. The van der Waals surface area contributed by atoms with Crippen LogP contribution in [-0.4, -0.2) is 42.9 Å². The van der Waals surface area contributed by atoms with E-state index in [9.17, 15) is 9.59 Å². The van der Waals surface area contributed by atoms with Gasteiger partial charge in [0.05, 0.1) is 15.6 Å². The van der Waals surface area contributed by atoms with Gasteiger partial charge in [-0.1, -0.05) is 29.8 Å². The standard InChI is InChI=1S/C21H20ClN3O2S/c22-16-7-6-15(21(27)25-10-3-8-23-9-11-25)12-17(16)24-20(26)19-13-14-4-1-2-5-18(14)28-19/h1-2,4-7,12-13,23H,3,8-11H2,(H,24,26). The summed E-state index contributed by atoms with van der Waals surface area (Å²) >= 11 is 7.71. The highest BCUT2D eigenvalue weighted by molar-refractivity contribution is 7.20. The van der Waals surface area contributed by atoms with E-state index in [1.807, 2.05) is 35.2 Å². The number of carbonyl (C=O) groups is 2. The average Bonchev–Trinajstić information content (AvgIpc) is 2.96. The number of nitrogens with zero attached hydrogens (tertiary/aromatic N) is 1. The Hall–Kier alpha value is -2.41. The first-order valence-electron chi connectivity index (χ1n) is 9.21. The van der Waals surface area contributed by atoms with Gasteiger partial charge in [0.25, 0.3) is 11.8 Å². The number of hydrogen-bond acceptors (Lipinski definition) is 4. The number of thiophene rings is 1. The molecule has 2 N–H and O–H groups in total. The fourth-order valence-corrected chi connectivity index (χ4v) is 4.39. The highest BCUT2D eigenvalue weighted by atomic mass is 35.5. The van der Waals surface area contributed by atoms with Crippen LogP contribution >= 0.6 is 22.9 Å². The van der Waals surface area contributed by atoms with Crippen LogP contribution in [0.3, 0.4) is 0 Å². The van der Waals surface area contributed by atoms with Crippen LogP contribution < -0.4 is 10.6 Å². The van der Waals surface area contributed by atoms with Gasteiger partial charge >= 0.3 is 0 Å². The van der Waals surface area contributed by atoms with Crippen molar-refractivity contribution in [1.29, 1.82) is 0 Å². The Morgan fingerprint density at radius 2 is 1.93 bits per heavy atom. The smallest absolute Gasteiger partial charge is 0.265 e. The van der Waals surface area contributed by atoms with Gasteiger partial charge < -0.3 is 15.5 Å². The zero-order chi connectivity index (χ0) is 19.5. The van der Waals surface area contributed by atoms with Gasteiger partial charge in [-0.3, -0.25) is 9.59 Å². The SMILES string of the molecule is O=C(Nc1cc(C(=O)N2CCCNCC2)ccc1Cl)c1cc2ccccc2s1. The second kappa shape index (κ2) is 8.31. The van der Waals surface area contributed by atoms with E-state index in [2.05, 4.69) is 10.6 Å². The van der Waals surface area contributed by atoms with Crippen molar-refractivity contribution in [2.45, 2.75) is 6.42 Å². The van der Waals surface area contributed by atoms with Gasteiger partial charge in [-0.15, -0.1) is 11.3 Å². The molecule has 1 aliphatic heterocycles. The van der Waals surface area contributed by atoms with Crippen molar-refractivity contribution >= 4 is 50.5 Å². The third-order valence-electron chi connectivity index (χ3n) is 4.74. The Balaban J connectivity index is 1.54. The Morgan fingerprint density at radius 3 is 2.79 bits per heavy atom. The molecule has 0 aliphatic carbocycles. The maximum atomic E-state index is 12.8. The maximum Gasteiger partial charge on any atom is 0.265 e. The van der Waals surface area contributed by atoms with Crippen LogP contribution in [0.5, 0.6) is 0 Å². The minimum absolute atomic E-state index is 0.0438. The van der Waals surface area contributed by atoms with Gasteiger partial charge in [0.15, 0.2) is 0 Å². The van der Waals surface area contributed by atoms with E-state index < -0.39 is 0 Å². The first kappa shape index (κ1) is 18.9. The molecule has 3 aromatic rings. The molecular weight excluding hydrogens is 394 g/mol. The molecule has 2 amide bonds. The number of amides is 2. The van der Waals surface area contributed by atoms with E-state index in [-0.39, 0.29) is 11.8 Å². The number of carbonyl (C=O) groups excluding carboxylic acids is 2. The zero-order valence-corrected chi connectivity index (χ0v) is 16.8. The Labute approximate surface area is 172 Å². The molecule has 0 atom stereocenters. The number of nitrogens with one attached hydrogen (secondary N) is 2. The normalized spacial score (nSPS) is 14.7. The van der Waals surface area contributed by atoms with E-state index in [1.165, 1.54) is 11.3 Å². The molecule has 0 spiro atoms. The van der Waals surface area contributed by atoms with E-state index in [0.717, 1.165) is 36.1 Å². The average molecular weight is 414 g/mol. The van der Waals surface area contributed by atoms with E-state index in [4.69, 9.17) is 11.6 Å². The van der Waals surface area contributed by atoms with E-state index >= 15 is 0 Å². The van der Waals surface area contributed by atoms with Crippen LogP contribution in [0.4, 0.5) is 5.69 Å². The summed E-state index contributed by atoms with van der Waals surface area (Å²) in [6, 6.07) is 14.7. The van der Waals surface area contributed by atoms with Crippen LogP contribution in [0.2, 0.25) is 5.02 Å². The highest BCUT2D eigenvalue weighted by Gasteiger charge is 2.19. The molecule has 0 bridgehead atoms. The number of anilines is 1. The first-order valence-corrected chi connectivity index (χ1v) is 10.4. The number of fused-ring (bicyclic) bond motifs is 1. The van der Waals surface area contributed by atoms with Crippen molar-refractivity contribution in [3.8, 4) is 0 Å². The van der Waals surface area contributed by atoms with Crippen LogP contribution in [0.15, 0.2) is 48.5 Å².